The van der Waals surface area contributed by atoms with Gasteiger partial charge in [-0.05, 0) is 18.2 Å². The zero-order valence-electron chi connectivity index (χ0n) is 12.9. The summed E-state index contributed by atoms with van der Waals surface area (Å²) in [5.74, 6) is 0. The number of aliphatic hydroxyl groups excluding tert-OH is 3. The number of nitrogens with one attached hydrogen (secondary N) is 1. The summed E-state index contributed by atoms with van der Waals surface area (Å²) in [6.45, 7) is -0.942. The van der Waals surface area contributed by atoms with Gasteiger partial charge in [0, 0.05) is 23.2 Å². The number of anilines is 1. The van der Waals surface area contributed by atoms with Crippen LogP contribution in [0.3, 0.4) is 0 Å². The molecular formula is C15H16FNO6. The number of aldehydes is 1. The Morgan fingerprint density at radius 3 is 2.70 bits per heavy atom. The van der Waals surface area contributed by atoms with Crippen molar-refractivity contribution in [2.75, 3.05) is 11.9 Å². The third-order valence-electron chi connectivity index (χ3n) is 3.28. The second-order valence-electron chi connectivity index (χ2n) is 4.92. The zero-order valence-corrected chi connectivity index (χ0v) is 11.9. The Morgan fingerprint density at radius 2 is 2.04 bits per heavy atom. The predicted octanol–water partition coefficient (Wildman–Crippen LogP) is -0.175. The Kier molecular flexibility index (Phi) is 4.96. The minimum atomic E-state index is -2.32. The molecule has 0 aliphatic heterocycles. The molecule has 0 aliphatic rings. The lowest BCUT2D eigenvalue weighted by Crippen LogP contribution is -2.47. The first kappa shape index (κ1) is 15.6. The number of hydrogen-bond acceptors (Lipinski definition) is 7. The third-order valence-corrected chi connectivity index (χ3v) is 3.28. The highest BCUT2D eigenvalue weighted by atomic mass is 19.1. The van der Waals surface area contributed by atoms with Crippen LogP contribution in [0.25, 0.3) is 11.0 Å². The molecule has 1 heterocycles. The van der Waals surface area contributed by atoms with Gasteiger partial charge in [-0.1, -0.05) is 0 Å². The number of aliphatic hydroxyl groups is 3. The number of benzene rings is 1. The van der Waals surface area contributed by atoms with Crippen LogP contribution in [0.15, 0.2) is 39.5 Å². The molecule has 0 fully saturated rings. The van der Waals surface area contributed by atoms with Crippen LogP contribution in [-0.4, -0.2) is 52.6 Å². The molecule has 0 saturated heterocycles. The van der Waals surface area contributed by atoms with E-state index in [9.17, 15) is 24.2 Å². The van der Waals surface area contributed by atoms with Crippen LogP contribution in [-0.2, 0) is 4.79 Å². The van der Waals surface area contributed by atoms with E-state index in [1.165, 1.54) is 30.3 Å². The Morgan fingerprint density at radius 1 is 1.35 bits per heavy atom. The average molecular weight is 326 g/mol. The second kappa shape index (κ2) is 7.32. The van der Waals surface area contributed by atoms with Crippen LogP contribution in [0.2, 0.25) is 1.41 Å². The summed E-state index contributed by atoms with van der Waals surface area (Å²) in [5, 5.41) is 28.9. The van der Waals surface area contributed by atoms with E-state index in [4.69, 9.17) is 10.9 Å². The highest BCUT2D eigenvalue weighted by molar-refractivity contribution is 5.81. The molecule has 0 amide bonds. The molecule has 2 aromatic rings. The molecule has 124 valence electrons. The van der Waals surface area contributed by atoms with E-state index >= 15 is 0 Å². The fraction of sp³-hybridized carbons (Fsp3) is 0.333. The summed E-state index contributed by atoms with van der Waals surface area (Å²) in [7, 11) is 0. The van der Waals surface area contributed by atoms with Gasteiger partial charge in [0.15, 0.2) is 7.58 Å². The summed E-state index contributed by atoms with van der Waals surface area (Å²) < 4.78 is 26.7. The van der Waals surface area contributed by atoms with Gasteiger partial charge in [-0.25, -0.2) is 9.18 Å². The normalized spacial score (nSPS) is 17.1. The Bertz CT molecular complexity index is 769. The SMILES string of the molecule is [2H]N(c1ccc2ccc(=O)oc2c1)[C@@H](C=O)[C@@H](O)[C@H](F)[C@H](O)CO. The van der Waals surface area contributed by atoms with E-state index in [0.29, 0.717) is 10.7 Å². The molecule has 2 rings (SSSR count). The minimum Gasteiger partial charge on any atom is -0.423 e. The van der Waals surface area contributed by atoms with E-state index in [1.807, 2.05) is 0 Å². The molecule has 1 aromatic heterocycles. The molecule has 0 unspecified atom stereocenters. The fourth-order valence-electron chi connectivity index (χ4n) is 2.01. The Balaban J connectivity index is 2.32. The van der Waals surface area contributed by atoms with Gasteiger partial charge in [-0.2, -0.15) is 0 Å². The van der Waals surface area contributed by atoms with Crippen molar-refractivity contribution in [3.05, 3.63) is 40.8 Å². The van der Waals surface area contributed by atoms with E-state index in [2.05, 4.69) is 0 Å². The van der Waals surface area contributed by atoms with Crippen LogP contribution in [0.1, 0.15) is 0 Å². The minimum absolute atomic E-state index is 0.0682. The number of carbonyl (C=O) groups is 1. The van der Waals surface area contributed by atoms with Gasteiger partial charge >= 0.3 is 5.63 Å². The van der Waals surface area contributed by atoms with Crippen LogP contribution in [0, 0.1) is 0 Å². The van der Waals surface area contributed by atoms with Gasteiger partial charge in [0.25, 0.3) is 0 Å². The molecule has 8 heteroatoms. The first-order valence-electron chi connectivity index (χ1n) is 7.22. The molecule has 0 saturated carbocycles. The number of alkyl halides is 1. The molecule has 7 nitrogen and oxygen atoms in total. The van der Waals surface area contributed by atoms with Gasteiger partial charge in [0.2, 0.25) is 0 Å². The van der Waals surface area contributed by atoms with Crippen molar-refractivity contribution in [3.8, 4) is 0 Å². The quantitative estimate of drug-likeness (QED) is 0.412. The third kappa shape index (κ3) is 3.92. The maximum Gasteiger partial charge on any atom is 0.336 e. The van der Waals surface area contributed by atoms with Crippen molar-refractivity contribution in [1.29, 1.82) is 0 Å². The molecule has 0 aliphatic carbocycles. The van der Waals surface area contributed by atoms with Gasteiger partial charge in [-0.3, -0.25) is 0 Å². The lowest BCUT2D eigenvalue weighted by molar-refractivity contribution is -0.113. The standard InChI is InChI=1S/C15H16FNO6/c16-14(11(20)7-19)15(22)10(6-18)17-9-3-1-8-2-4-13(21)23-12(8)5-9/h1-6,10-11,14-15,17,19-20,22H,7H2/t10-,11+,14+,15+/m0/s1/i/hD. The van der Waals surface area contributed by atoms with Crippen molar-refractivity contribution in [3.63, 3.8) is 0 Å². The highest BCUT2D eigenvalue weighted by Crippen LogP contribution is 2.19. The second-order valence-corrected chi connectivity index (χ2v) is 4.92. The fourth-order valence-corrected chi connectivity index (χ4v) is 2.01. The Hall–Kier alpha value is -2.29. The maximum atomic E-state index is 13.8. The van der Waals surface area contributed by atoms with Gasteiger partial charge in [-0.15, -0.1) is 0 Å². The van der Waals surface area contributed by atoms with E-state index < -0.39 is 36.7 Å². The van der Waals surface area contributed by atoms with Crippen LogP contribution in [0.5, 0.6) is 0 Å². The zero-order chi connectivity index (χ0) is 17.9. The summed E-state index contributed by atoms with van der Waals surface area (Å²) in [5.41, 5.74) is -0.375. The first-order chi connectivity index (χ1) is 11.4. The van der Waals surface area contributed by atoms with E-state index in [0.717, 1.165) is 0 Å². The molecule has 4 N–H and O–H groups in total. The van der Waals surface area contributed by atoms with Crippen molar-refractivity contribution >= 4 is 22.9 Å². The predicted molar refractivity (Wildman–Crippen MR) is 80.0 cm³/mol. The topological polar surface area (TPSA) is 120 Å². The lowest BCUT2D eigenvalue weighted by atomic mass is 10.0. The van der Waals surface area contributed by atoms with Gasteiger partial charge in [0.1, 0.15) is 30.1 Å². The summed E-state index contributed by atoms with van der Waals surface area (Å²) in [4.78, 5) is 22.4. The molecule has 4 atom stereocenters. The van der Waals surface area contributed by atoms with Crippen molar-refractivity contribution in [2.24, 2.45) is 0 Å². The molecule has 0 spiro atoms. The molecule has 0 bridgehead atoms. The van der Waals surface area contributed by atoms with Crippen LogP contribution >= 0.6 is 0 Å². The summed E-state index contributed by atoms with van der Waals surface area (Å²) in [6, 6.07) is 5.34. The number of hydrogen-bond donors (Lipinski definition) is 4. The first-order valence-corrected chi connectivity index (χ1v) is 6.77. The highest BCUT2D eigenvalue weighted by Gasteiger charge is 2.32. The number of fused-ring (bicyclic) bond motifs is 1. The smallest absolute Gasteiger partial charge is 0.336 e. The van der Waals surface area contributed by atoms with Gasteiger partial charge in [0.05, 0.1) is 6.61 Å². The molecule has 23 heavy (non-hydrogen) atoms. The average Bonchev–Trinajstić information content (AvgIpc) is 2.59. The van der Waals surface area contributed by atoms with Crippen LogP contribution < -0.4 is 10.9 Å². The maximum absolute atomic E-state index is 13.8. The van der Waals surface area contributed by atoms with Crippen molar-refractivity contribution in [2.45, 2.75) is 24.4 Å². The van der Waals surface area contributed by atoms with Crippen molar-refractivity contribution in [1.82, 2.24) is 0 Å². The monoisotopic (exact) mass is 326 g/mol. The molecule has 1 aromatic carbocycles. The number of rotatable bonds is 7. The van der Waals surface area contributed by atoms with E-state index in [1.54, 1.807) is 0 Å². The lowest BCUT2D eigenvalue weighted by Gasteiger charge is -2.25. The Labute approximate surface area is 131 Å². The number of carbonyl (C=O) groups excluding carboxylic acids is 1. The summed E-state index contributed by atoms with van der Waals surface area (Å²) in [6.07, 6.45) is -6.10. The summed E-state index contributed by atoms with van der Waals surface area (Å²) >= 11 is 0. The molecular weight excluding hydrogens is 309 g/mol. The van der Waals surface area contributed by atoms with Crippen LogP contribution in [0.4, 0.5) is 10.1 Å². The van der Waals surface area contributed by atoms with Gasteiger partial charge < -0.3 is 29.8 Å². The largest absolute Gasteiger partial charge is 0.423 e. The van der Waals surface area contributed by atoms with E-state index in [-0.39, 0.29) is 17.6 Å². The van der Waals surface area contributed by atoms with Crippen molar-refractivity contribution < 1.29 is 30.3 Å². The molecule has 0 radical (unpaired) electrons. The number of halogens is 1.